The molecule has 0 bridgehead atoms. The van der Waals surface area contributed by atoms with Gasteiger partial charge in [0.25, 0.3) is 0 Å². The Labute approximate surface area is 170 Å². The molecule has 29 heavy (non-hydrogen) atoms. The van der Waals surface area contributed by atoms with E-state index in [9.17, 15) is 0 Å². The van der Waals surface area contributed by atoms with Gasteiger partial charge in [-0.25, -0.2) is 15.4 Å². The first kappa shape index (κ1) is 18.6. The van der Waals surface area contributed by atoms with E-state index in [-0.39, 0.29) is 0 Å². The van der Waals surface area contributed by atoms with E-state index < -0.39 is 0 Å². The van der Waals surface area contributed by atoms with Gasteiger partial charge in [-0.1, -0.05) is 54.1 Å². The maximum Gasteiger partial charge on any atom is 0.244 e. The second-order valence-corrected chi connectivity index (χ2v) is 6.62. The van der Waals surface area contributed by atoms with Gasteiger partial charge in [0.15, 0.2) is 0 Å². The van der Waals surface area contributed by atoms with Crippen LogP contribution in [0.25, 0.3) is 22.2 Å². The molecule has 0 saturated carbocycles. The van der Waals surface area contributed by atoms with Gasteiger partial charge in [-0.15, -0.1) is 0 Å². The van der Waals surface area contributed by atoms with Crippen molar-refractivity contribution in [2.75, 3.05) is 12.0 Å². The van der Waals surface area contributed by atoms with Gasteiger partial charge >= 0.3 is 0 Å². The number of aromatic nitrogens is 2. The van der Waals surface area contributed by atoms with Crippen molar-refractivity contribution < 1.29 is 4.74 Å². The average Bonchev–Trinajstić information content (AvgIpc) is 2.75. The van der Waals surface area contributed by atoms with Gasteiger partial charge in [0.05, 0.1) is 24.0 Å². The summed E-state index contributed by atoms with van der Waals surface area (Å²) in [5.41, 5.74) is 7.83. The van der Waals surface area contributed by atoms with Crippen LogP contribution in [0.2, 0.25) is 0 Å². The Morgan fingerprint density at radius 3 is 2.59 bits per heavy atom. The highest BCUT2D eigenvalue weighted by Crippen LogP contribution is 2.28. The van der Waals surface area contributed by atoms with Crippen molar-refractivity contribution in [3.05, 3.63) is 83.9 Å². The summed E-state index contributed by atoms with van der Waals surface area (Å²) in [6.07, 6.45) is 1.72. The van der Waals surface area contributed by atoms with Crippen LogP contribution in [0.3, 0.4) is 0 Å². The molecule has 5 nitrogen and oxygen atoms in total. The summed E-state index contributed by atoms with van der Waals surface area (Å²) in [7, 11) is 0. The van der Waals surface area contributed by atoms with Crippen LogP contribution in [0.5, 0.6) is 5.75 Å². The van der Waals surface area contributed by atoms with Crippen molar-refractivity contribution in [1.82, 2.24) is 9.97 Å². The standard InChI is InChI=1S/C24H22N4O/c1-3-29-22-12-8-7-11-19(22)16-25-28-24-26-21-14-13-17(2)15-20(21)23(27-24)18-9-5-4-6-10-18/h4-16H,3H2,1-2H3,(H,26,27,28)/b25-16+. The van der Waals surface area contributed by atoms with E-state index in [2.05, 4.69) is 46.7 Å². The number of aryl methyl sites for hydroxylation is 1. The van der Waals surface area contributed by atoms with Crippen molar-refractivity contribution in [3.8, 4) is 17.0 Å². The highest BCUT2D eigenvalue weighted by molar-refractivity contribution is 5.93. The molecule has 4 rings (SSSR count). The number of hydrogen-bond acceptors (Lipinski definition) is 5. The van der Waals surface area contributed by atoms with Crippen LogP contribution in [-0.4, -0.2) is 22.8 Å². The van der Waals surface area contributed by atoms with Gasteiger partial charge in [-0.2, -0.15) is 5.10 Å². The second kappa shape index (κ2) is 8.52. The number of hydrazone groups is 1. The number of hydrogen-bond donors (Lipinski definition) is 1. The fourth-order valence-corrected chi connectivity index (χ4v) is 3.14. The first-order valence-electron chi connectivity index (χ1n) is 9.59. The van der Waals surface area contributed by atoms with Crippen LogP contribution >= 0.6 is 0 Å². The number of anilines is 1. The van der Waals surface area contributed by atoms with Gasteiger partial charge in [-0.05, 0) is 38.1 Å². The number of ether oxygens (including phenoxy) is 1. The van der Waals surface area contributed by atoms with Gasteiger partial charge in [0, 0.05) is 16.5 Å². The number of para-hydroxylation sites is 1. The molecule has 0 aliphatic rings. The molecule has 1 aromatic heterocycles. The molecule has 1 N–H and O–H groups in total. The molecule has 1 heterocycles. The summed E-state index contributed by atoms with van der Waals surface area (Å²) >= 11 is 0. The second-order valence-electron chi connectivity index (χ2n) is 6.62. The first-order valence-corrected chi connectivity index (χ1v) is 9.59. The van der Waals surface area contributed by atoms with Gasteiger partial charge in [-0.3, -0.25) is 0 Å². The molecule has 0 fully saturated rings. The summed E-state index contributed by atoms with van der Waals surface area (Å²) in [5, 5.41) is 5.35. The maximum absolute atomic E-state index is 5.64. The average molecular weight is 382 g/mol. The Balaban J connectivity index is 1.69. The minimum Gasteiger partial charge on any atom is -0.493 e. The zero-order chi connectivity index (χ0) is 20.1. The van der Waals surface area contributed by atoms with Crippen molar-refractivity contribution in [2.45, 2.75) is 13.8 Å². The van der Waals surface area contributed by atoms with Gasteiger partial charge in [0.1, 0.15) is 5.75 Å². The topological polar surface area (TPSA) is 59.4 Å². The largest absolute Gasteiger partial charge is 0.493 e. The molecule has 0 radical (unpaired) electrons. The highest BCUT2D eigenvalue weighted by atomic mass is 16.5. The molecule has 4 aromatic rings. The number of fused-ring (bicyclic) bond motifs is 1. The molecule has 0 unspecified atom stereocenters. The first-order chi connectivity index (χ1) is 14.2. The maximum atomic E-state index is 5.64. The monoisotopic (exact) mass is 382 g/mol. The number of nitrogens with one attached hydrogen (secondary N) is 1. The minimum absolute atomic E-state index is 0.449. The molecular formula is C24H22N4O. The molecular weight excluding hydrogens is 360 g/mol. The summed E-state index contributed by atoms with van der Waals surface area (Å²) in [5.74, 6) is 1.24. The van der Waals surface area contributed by atoms with Gasteiger partial charge < -0.3 is 4.74 Å². The molecule has 0 spiro atoms. The number of benzene rings is 3. The predicted molar refractivity (Wildman–Crippen MR) is 119 cm³/mol. The SMILES string of the molecule is CCOc1ccccc1/C=N/Nc1nc(-c2ccccc2)c2cc(C)ccc2n1. The minimum atomic E-state index is 0.449. The molecule has 0 amide bonds. The fraction of sp³-hybridized carbons (Fsp3) is 0.125. The third kappa shape index (κ3) is 4.24. The van der Waals surface area contributed by atoms with E-state index in [4.69, 9.17) is 9.72 Å². The van der Waals surface area contributed by atoms with E-state index in [1.54, 1.807) is 6.21 Å². The van der Waals surface area contributed by atoms with Crippen LogP contribution in [0.15, 0.2) is 77.9 Å². The Hall–Kier alpha value is -3.73. The van der Waals surface area contributed by atoms with Crippen LogP contribution in [0.1, 0.15) is 18.1 Å². The van der Waals surface area contributed by atoms with E-state index in [0.717, 1.165) is 33.5 Å². The Kier molecular flexibility index (Phi) is 5.47. The summed E-state index contributed by atoms with van der Waals surface area (Å²) < 4.78 is 5.64. The highest BCUT2D eigenvalue weighted by Gasteiger charge is 2.10. The molecule has 0 aliphatic carbocycles. The van der Waals surface area contributed by atoms with Gasteiger partial charge in [0.2, 0.25) is 5.95 Å². The lowest BCUT2D eigenvalue weighted by Crippen LogP contribution is -2.01. The van der Waals surface area contributed by atoms with Crippen LogP contribution in [0.4, 0.5) is 5.95 Å². The van der Waals surface area contributed by atoms with Crippen LogP contribution in [0, 0.1) is 6.92 Å². The lowest BCUT2D eigenvalue weighted by atomic mass is 10.0. The number of rotatable bonds is 6. The molecule has 144 valence electrons. The molecule has 5 heteroatoms. The molecule has 3 aromatic carbocycles. The quantitative estimate of drug-likeness (QED) is 0.356. The number of nitrogens with zero attached hydrogens (tertiary/aromatic N) is 3. The third-order valence-corrected chi connectivity index (χ3v) is 4.49. The molecule has 0 atom stereocenters. The smallest absolute Gasteiger partial charge is 0.244 e. The Bertz CT molecular complexity index is 1160. The lowest BCUT2D eigenvalue weighted by Gasteiger charge is -2.09. The zero-order valence-electron chi connectivity index (χ0n) is 16.5. The van der Waals surface area contributed by atoms with Crippen molar-refractivity contribution in [1.29, 1.82) is 0 Å². The van der Waals surface area contributed by atoms with Crippen LogP contribution in [-0.2, 0) is 0 Å². The summed E-state index contributed by atoms with van der Waals surface area (Å²) in [4.78, 5) is 9.36. The lowest BCUT2D eigenvalue weighted by molar-refractivity contribution is 0.340. The van der Waals surface area contributed by atoms with Crippen molar-refractivity contribution in [3.63, 3.8) is 0 Å². The molecule has 0 aliphatic heterocycles. The normalized spacial score (nSPS) is 11.1. The summed E-state index contributed by atoms with van der Waals surface area (Å²) in [6, 6.07) is 24.1. The summed E-state index contributed by atoms with van der Waals surface area (Å²) in [6.45, 7) is 4.63. The van der Waals surface area contributed by atoms with Crippen LogP contribution < -0.4 is 10.2 Å². The fourth-order valence-electron chi connectivity index (χ4n) is 3.14. The van der Waals surface area contributed by atoms with Crippen molar-refractivity contribution in [2.24, 2.45) is 5.10 Å². The molecule has 0 saturated heterocycles. The van der Waals surface area contributed by atoms with Crippen molar-refractivity contribution >= 4 is 23.1 Å². The predicted octanol–water partition coefficient (Wildman–Crippen LogP) is 5.45. The van der Waals surface area contributed by atoms with E-state index in [0.29, 0.717) is 12.6 Å². The Morgan fingerprint density at radius 1 is 0.966 bits per heavy atom. The van der Waals surface area contributed by atoms with E-state index >= 15 is 0 Å². The van der Waals surface area contributed by atoms with E-state index in [1.165, 1.54) is 5.56 Å². The Morgan fingerprint density at radius 2 is 1.76 bits per heavy atom. The van der Waals surface area contributed by atoms with E-state index in [1.807, 2.05) is 55.5 Å². The third-order valence-electron chi connectivity index (χ3n) is 4.49. The zero-order valence-corrected chi connectivity index (χ0v) is 16.5.